The summed E-state index contributed by atoms with van der Waals surface area (Å²) in [6.45, 7) is 9.34. The Morgan fingerprint density at radius 3 is 2.68 bits per heavy atom. The van der Waals surface area contributed by atoms with Crippen LogP contribution in [-0.4, -0.2) is 23.4 Å². The average Bonchev–Trinajstić information content (AvgIpc) is 2.63. The highest BCUT2D eigenvalue weighted by molar-refractivity contribution is 7.12. The van der Waals surface area contributed by atoms with E-state index in [-0.39, 0.29) is 18.0 Å². The second kappa shape index (κ2) is 5.63. The zero-order chi connectivity index (χ0) is 14.2. The SMILES string of the molecule is Cc1cc(C2C(N)CCC(=O)N2CC(C)C)c(C)s1. The second-order valence-corrected chi connectivity index (χ2v) is 7.42. The van der Waals surface area contributed by atoms with E-state index < -0.39 is 0 Å². The zero-order valence-electron chi connectivity index (χ0n) is 12.3. The Morgan fingerprint density at radius 2 is 2.16 bits per heavy atom. The molecule has 1 amide bonds. The van der Waals surface area contributed by atoms with Crippen molar-refractivity contribution in [3.8, 4) is 0 Å². The molecule has 1 fully saturated rings. The second-order valence-electron chi connectivity index (χ2n) is 5.96. The van der Waals surface area contributed by atoms with Gasteiger partial charge in [0.15, 0.2) is 0 Å². The van der Waals surface area contributed by atoms with Gasteiger partial charge < -0.3 is 10.6 Å². The van der Waals surface area contributed by atoms with Gasteiger partial charge in [-0.1, -0.05) is 13.8 Å². The first-order valence-electron chi connectivity index (χ1n) is 7.02. The molecule has 3 nitrogen and oxygen atoms in total. The predicted octanol–water partition coefficient (Wildman–Crippen LogP) is 3.01. The third-order valence-electron chi connectivity index (χ3n) is 3.71. The van der Waals surface area contributed by atoms with Crippen molar-refractivity contribution in [1.82, 2.24) is 4.90 Å². The molecule has 0 radical (unpaired) electrons. The molecule has 1 aliphatic heterocycles. The predicted molar refractivity (Wildman–Crippen MR) is 80.3 cm³/mol. The fraction of sp³-hybridized carbons (Fsp3) is 0.667. The van der Waals surface area contributed by atoms with Crippen LogP contribution in [0.1, 0.15) is 48.0 Å². The minimum Gasteiger partial charge on any atom is -0.334 e. The maximum absolute atomic E-state index is 12.3. The lowest BCUT2D eigenvalue weighted by Gasteiger charge is -2.41. The van der Waals surface area contributed by atoms with Crippen molar-refractivity contribution in [3.05, 3.63) is 21.4 Å². The van der Waals surface area contributed by atoms with Crippen LogP contribution in [0.15, 0.2) is 6.07 Å². The standard InChI is InChI=1S/C15H24N2OS/c1-9(2)8-17-14(18)6-5-13(16)15(17)12-7-10(3)19-11(12)4/h7,9,13,15H,5-6,8,16H2,1-4H3. The lowest BCUT2D eigenvalue weighted by Crippen LogP contribution is -2.50. The normalized spacial score (nSPS) is 24.3. The van der Waals surface area contributed by atoms with E-state index in [0.717, 1.165) is 13.0 Å². The smallest absolute Gasteiger partial charge is 0.223 e. The summed E-state index contributed by atoms with van der Waals surface area (Å²) in [6.07, 6.45) is 1.39. The third kappa shape index (κ3) is 3.00. The van der Waals surface area contributed by atoms with Gasteiger partial charge in [-0.05, 0) is 37.8 Å². The minimum atomic E-state index is 0.0594. The summed E-state index contributed by atoms with van der Waals surface area (Å²) in [5, 5.41) is 0. The fourth-order valence-corrected chi connectivity index (χ4v) is 3.90. The van der Waals surface area contributed by atoms with Gasteiger partial charge in [0.25, 0.3) is 0 Å². The molecule has 0 saturated carbocycles. The van der Waals surface area contributed by atoms with Gasteiger partial charge in [0.2, 0.25) is 5.91 Å². The quantitative estimate of drug-likeness (QED) is 0.925. The number of carbonyl (C=O) groups is 1. The van der Waals surface area contributed by atoms with E-state index in [2.05, 4.69) is 33.8 Å². The number of nitrogens with two attached hydrogens (primary N) is 1. The topological polar surface area (TPSA) is 46.3 Å². The van der Waals surface area contributed by atoms with Crippen LogP contribution < -0.4 is 5.73 Å². The third-order valence-corrected chi connectivity index (χ3v) is 4.69. The van der Waals surface area contributed by atoms with Gasteiger partial charge in [-0.25, -0.2) is 0 Å². The number of thiophene rings is 1. The Morgan fingerprint density at radius 1 is 1.47 bits per heavy atom. The molecule has 0 bridgehead atoms. The molecular formula is C15H24N2OS. The molecule has 4 heteroatoms. The highest BCUT2D eigenvalue weighted by atomic mass is 32.1. The van der Waals surface area contributed by atoms with Crippen molar-refractivity contribution in [2.75, 3.05) is 6.54 Å². The molecule has 2 rings (SSSR count). The van der Waals surface area contributed by atoms with Gasteiger partial charge in [-0.15, -0.1) is 11.3 Å². The van der Waals surface area contributed by atoms with Gasteiger partial charge in [0.1, 0.15) is 0 Å². The first-order chi connectivity index (χ1) is 8.90. The van der Waals surface area contributed by atoms with Gasteiger partial charge >= 0.3 is 0 Å². The Hall–Kier alpha value is -0.870. The Labute approximate surface area is 119 Å². The van der Waals surface area contributed by atoms with Crippen LogP contribution in [0.4, 0.5) is 0 Å². The molecule has 2 unspecified atom stereocenters. The van der Waals surface area contributed by atoms with Crippen LogP contribution in [-0.2, 0) is 4.79 Å². The van der Waals surface area contributed by atoms with E-state index in [0.29, 0.717) is 12.3 Å². The fourth-order valence-electron chi connectivity index (χ4n) is 2.93. The molecule has 1 saturated heterocycles. The molecule has 0 spiro atoms. The van der Waals surface area contributed by atoms with E-state index in [1.54, 1.807) is 11.3 Å². The van der Waals surface area contributed by atoms with E-state index >= 15 is 0 Å². The molecule has 1 aliphatic rings. The number of aryl methyl sites for hydroxylation is 2. The maximum Gasteiger partial charge on any atom is 0.223 e. The van der Waals surface area contributed by atoms with Crippen molar-refractivity contribution in [3.63, 3.8) is 0 Å². The highest BCUT2D eigenvalue weighted by Crippen LogP contribution is 2.36. The zero-order valence-corrected chi connectivity index (χ0v) is 13.1. The molecule has 2 heterocycles. The number of hydrogen-bond donors (Lipinski definition) is 1. The van der Waals surface area contributed by atoms with E-state index in [4.69, 9.17) is 5.73 Å². The molecule has 2 atom stereocenters. The molecule has 1 aromatic rings. The monoisotopic (exact) mass is 280 g/mol. The van der Waals surface area contributed by atoms with E-state index in [1.165, 1.54) is 15.3 Å². The van der Waals surface area contributed by atoms with Gasteiger partial charge in [0, 0.05) is 28.8 Å². The summed E-state index contributed by atoms with van der Waals surface area (Å²) in [5.41, 5.74) is 7.58. The molecule has 0 aromatic carbocycles. The average molecular weight is 280 g/mol. The van der Waals surface area contributed by atoms with Crippen LogP contribution in [0.3, 0.4) is 0 Å². The highest BCUT2D eigenvalue weighted by Gasteiger charge is 2.36. The summed E-state index contributed by atoms with van der Waals surface area (Å²) in [5.74, 6) is 0.723. The molecule has 2 N–H and O–H groups in total. The number of hydrogen-bond acceptors (Lipinski definition) is 3. The van der Waals surface area contributed by atoms with Crippen molar-refractivity contribution < 1.29 is 4.79 Å². The maximum atomic E-state index is 12.3. The lowest BCUT2D eigenvalue weighted by molar-refractivity contribution is -0.138. The summed E-state index contributed by atoms with van der Waals surface area (Å²) in [7, 11) is 0. The number of nitrogens with zero attached hydrogens (tertiary/aromatic N) is 1. The summed E-state index contributed by atoms with van der Waals surface area (Å²) in [4.78, 5) is 16.8. The molecule has 0 aliphatic carbocycles. The molecule has 106 valence electrons. The van der Waals surface area contributed by atoms with Gasteiger partial charge in [0.05, 0.1) is 6.04 Å². The first-order valence-corrected chi connectivity index (χ1v) is 7.83. The number of likely N-dealkylation sites (tertiary alicyclic amines) is 1. The van der Waals surface area contributed by atoms with E-state index in [9.17, 15) is 4.79 Å². The number of amides is 1. The summed E-state index contributed by atoms with van der Waals surface area (Å²) in [6, 6.07) is 2.33. The summed E-state index contributed by atoms with van der Waals surface area (Å²) >= 11 is 1.79. The van der Waals surface area contributed by atoms with Crippen LogP contribution in [0.2, 0.25) is 0 Å². The minimum absolute atomic E-state index is 0.0594. The largest absolute Gasteiger partial charge is 0.334 e. The molecule has 1 aromatic heterocycles. The van der Waals surface area contributed by atoms with Crippen molar-refractivity contribution in [1.29, 1.82) is 0 Å². The Balaban J connectivity index is 2.36. The molecule has 19 heavy (non-hydrogen) atoms. The Bertz CT molecular complexity index is 467. The number of carbonyl (C=O) groups excluding carboxylic acids is 1. The molecular weight excluding hydrogens is 256 g/mol. The first kappa shape index (κ1) is 14.5. The van der Waals surface area contributed by atoms with Gasteiger partial charge in [-0.3, -0.25) is 4.79 Å². The van der Waals surface area contributed by atoms with Crippen LogP contribution >= 0.6 is 11.3 Å². The Kier molecular flexibility index (Phi) is 4.31. The summed E-state index contributed by atoms with van der Waals surface area (Å²) < 4.78 is 0. The van der Waals surface area contributed by atoms with E-state index in [1.807, 2.05) is 4.90 Å². The van der Waals surface area contributed by atoms with Crippen molar-refractivity contribution in [2.45, 2.75) is 52.6 Å². The van der Waals surface area contributed by atoms with Crippen molar-refractivity contribution >= 4 is 17.2 Å². The van der Waals surface area contributed by atoms with Gasteiger partial charge in [-0.2, -0.15) is 0 Å². The van der Waals surface area contributed by atoms with Crippen LogP contribution in [0.25, 0.3) is 0 Å². The number of piperidine rings is 1. The lowest BCUT2D eigenvalue weighted by atomic mass is 9.90. The number of rotatable bonds is 3. The van der Waals surface area contributed by atoms with Crippen molar-refractivity contribution in [2.24, 2.45) is 11.7 Å². The van der Waals surface area contributed by atoms with Crippen LogP contribution in [0.5, 0.6) is 0 Å². The van der Waals surface area contributed by atoms with Crippen LogP contribution in [0, 0.1) is 19.8 Å².